The van der Waals surface area contributed by atoms with Gasteiger partial charge in [-0.2, -0.15) is 26.3 Å². The molecule has 1 amide bonds. The fraction of sp³-hybridized carbons (Fsp3) is 0.435. The Morgan fingerprint density at radius 2 is 1.64 bits per heavy atom. The van der Waals surface area contributed by atoms with E-state index in [9.17, 15) is 31.1 Å². The second-order valence-electron chi connectivity index (χ2n) is 7.90. The lowest BCUT2D eigenvalue weighted by atomic mass is 9.92. The minimum atomic E-state index is -4.92. The summed E-state index contributed by atoms with van der Waals surface area (Å²) >= 11 is 0. The van der Waals surface area contributed by atoms with Crippen LogP contribution in [0.15, 0.2) is 48.5 Å². The van der Waals surface area contributed by atoms with Gasteiger partial charge in [0.05, 0.1) is 36.4 Å². The monoisotopic (exact) mass is 474 g/mol. The van der Waals surface area contributed by atoms with Gasteiger partial charge in [0.2, 0.25) is 5.91 Å². The molecule has 0 radical (unpaired) electrons. The third-order valence-corrected chi connectivity index (χ3v) is 5.56. The zero-order chi connectivity index (χ0) is 24.2. The maximum Gasteiger partial charge on any atom is 0.416 e. The van der Waals surface area contributed by atoms with Crippen LogP contribution < -0.4 is 5.32 Å². The highest BCUT2D eigenvalue weighted by Crippen LogP contribution is 2.38. The number of likely N-dealkylation sites (N-methyl/N-ethyl adjacent to an activating group) is 1. The molecule has 3 rings (SSSR count). The van der Waals surface area contributed by atoms with Crippen LogP contribution in [-0.4, -0.2) is 37.0 Å². The number of likely N-dealkylation sites (tertiary alicyclic amines) is 1. The highest BCUT2D eigenvalue weighted by atomic mass is 19.4. The van der Waals surface area contributed by atoms with Crippen molar-refractivity contribution in [2.24, 2.45) is 0 Å². The number of carbonyl (C=O) groups excluding carboxylic acids is 1. The van der Waals surface area contributed by atoms with Crippen LogP contribution in [0, 0.1) is 0 Å². The van der Waals surface area contributed by atoms with E-state index in [1.807, 2.05) is 35.2 Å². The van der Waals surface area contributed by atoms with E-state index in [-0.39, 0.29) is 30.1 Å². The maximum atomic E-state index is 13.2. The van der Waals surface area contributed by atoms with E-state index in [0.717, 1.165) is 5.56 Å². The van der Waals surface area contributed by atoms with Crippen molar-refractivity contribution in [2.75, 3.05) is 20.1 Å². The minimum absolute atomic E-state index is 0.0949. The fourth-order valence-corrected chi connectivity index (χ4v) is 4.02. The largest absolute Gasteiger partial charge is 0.416 e. The lowest BCUT2D eigenvalue weighted by molar-refractivity contribution is -0.143. The van der Waals surface area contributed by atoms with E-state index in [0.29, 0.717) is 31.5 Å². The Hall–Kier alpha value is -2.59. The van der Waals surface area contributed by atoms with Crippen molar-refractivity contribution in [3.63, 3.8) is 0 Å². The number of amides is 1. The average molecular weight is 474 g/mol. The smallest absolute Gasteiger partial charge is 0.372 e. The first-order valence-electron chi connectivity index (χ1n) is 10.4. The molecule has 180 valence electrons. The number of hydrogen-bond acceptors (Lipinski definition) is 3. The van der Waals surface area contributed by atoms with Crippen LogP contribution in [0.2, 0.25) is 0 Å². The summed E-state index contributed by atoms with van der Waals surface area (Å²) in [6, 6.07) is 10.3. The van der Waals surface area contributed by atoms with Gasteiger partial charge in [-0.1, -0.05) is 30.3 Å². The van der Waals surface area contributed by atoms with Crippen molar-refractivity contribution < 1.29 is 35.9 Å². The molecule has 1 fully saturated rings. The number of nitrogens with one attached hydrogen (secondary N) is 1. The number of nitrogens with zero attached hydrogens (tertiary/aromatic N) is 1. The Bertz CT molecular complexity index is 914. The first-order valence-corrected chi connectivity index (χ1v) is 10.4. The number of alkyl halides is 6. The SMILES string of the molecule is CNC(=O)CN1CCC[C@H](OCc2cc(C(F)(F)F)cc(C(F)(F)F)c2)[C@@H]1c1ccccc1. The summed E-state index contributed by atoms with van der Waals surface area (Å²) in [5.74, 6) is -0.204. The topological polar surface area (TPSA) is 41.6 Å². The second-order valence-corrected chi connectivity index (χ2v) is 7.90. The predicted molar refractivity (Wildman–Crippen MR) is 109 cm³/mol. The highest BCUT2D eigenvalue weighted by Gasteiger charge is 2.38. The van der Waals surface area contributed by atoms with Gasteiger partial charge >= 0.3 is 12.4 Å². The van der Waals surface area contributed by atoms with E-state index in [1.54, 1.807) is 0 Å². The standard InChI is InChI=1S/C23H24F6N2O2/c1-30-20(32)13-31-9-5-8-19(21(31)16-6-3-2-4-7-16)33-14-15-10-17(22(24,25)26)12-18(11-15)23(27,28)29/h2-4,6-7,10-12,19,21H,5,8-9,13-14H2,1H3,(H,30,32)/t19-,21-/m0/s1. The van der Waals surface area contributed by atoms with E-state index in [2.05, 4.69) is 5.32 Å². The van der Waals surface area contributed by atoms with Crippen LogP contribution in [-0.2, 0) is 28.5 Å². The van der Waals surface area contributed by atoms with Crippen molar-refractivity contribution in [2.45, 2.75) is 43.9 Å². The Morgan fingerprint density at radius 3 is 2.18 bits per heavy atom. The molecule has 0 aromatic heterocycles. The summed E-state index contributed by atoms with van der Waals surface area (Å²) in [5.41, 5.74) is -2.11. The molecular weight excluding hydrogens is 450 g/mol. The molecule has 1 saturated heterocycles. The Kier molecular flexibility index (Phi) is 7.69. The van der Waals surface area contributed by atoms with E-state index >= 15 is 0 Å². The summed E-state index contributed by atoms with van der Waals surface area (Å²) < 4.78 is 84.9. The number of carbonyl (C=O) groups is 1. The van der Waals surface area contributed by atoms with Crippen molar-refractivity contribution in [3.8, 4) is 0 Å². The van der Waals surface area contributed by atoms with E-state index in [1.165, 1.54) is 7.05 Å². The zero-order valence-corrected chi connectivity index (χ0v) is 17.8. The summed E-state index contributed by atoms with van der Waals surface area (Å²) in [7, 11) is 1.52. The number of piperidine rings is 1. The van der Waals surface area contributed by atoms with Gasteiger partial charge in [0, 0.05) is 7.05 Å². The lowest BCUT2D eigenvalue weighted by Crippen LogP contribution is -2.46. The number of halogens is 6. The summed E-state index contributed by atoms with van der Waals surface area (Å²) in [6.07, 6.45) is -9.14. The van der Waals surface area contributed by atoms with Crippen LogP contribution in [0.25, 0.3) is 0 Å². The van der Waals surface area contributed by atoms with Gasteiger partial charge in [0.25, 0.3) is 0 Å². The van der Waals surface area contributed by atoms with Crippen LogP contribution in [0.4, 0.5) is 26.3 Å². The summed E-state index contributed by atoms with van der Waals surface area (Å²) in [6.45, 7) is 0.279. The number of benzene rings is 2. The first-order chi connectivity index (χ1) is 15.5. The highest BCUT2D eigenvalue weighted by molar-refractivity contribution is 5.77. The van der Waals surface area contributed by atoms with Crippen molar-refractivity contribution in [3.05, 3.63) is 70.8 Å². The van der Waals surface area contributed by atoms with Gasteiger partial charge in [-0.3, -0.25) is 9.69 Å². The van der Waals surface area contributed by atoms with Gasteiger partial charge < -0.3 is 10.1 Å². The maximum absolute atomic E-state index is 13.2. The predicted octanol–water partition coefficient (Wildman–Crippen LogP) is 5.19. The first kappa shape index (κ1) is 25.0. The molecule has 0 aliphatic carbocycles. The van der Waals surface area contributed by atoms with Crippen molar-refractivity contribution in [1.82, 2.24) is 10.2 Å². The molecule has 2 aromatic rings. The molecule has 1 heterocycles. The Morgan fingerprint density at radius 1 is 1.03 bits per heavy atom. The number of ether oxygens (including phenoxy) is 1. The summed E-state index contributed by atoms with van der Waals surface area (Å²) in [5, 5.41) is 2.56. The van der Waals surface area contributed by atoms with Crippen LogP contribution >= 0.6 is 0 Å². The number of hydrogen-bond donors (Lipinski definition) is 1. The molecule has 2 aromatic carbocycles. The molecular formula is C23H24F6N2O2. The molecule has 4 nitrogen and oxygen atoms in total. The van der Waals surface area contributed by atoms with Gasteiger partial charge in [0.1, 0.15) is 0 Å². The van der Waals surface area contributed by atoms with E-state index < -0.39 is 36.2 Å². The molecule has 0 unspecified atom stereocenters. The Balaban J connectivity index is 1.87. The molecule has 10 heteroatoms. The quantitative estimate of drug-likeness (QED) is 0.586. The molecule has 1 aliphatic heterocycles. The molecule has 0 bridgehead atoms. The molecule has 0 spiro atoms. The van der Waals surface area contributed by atoms with Gasteiger partial charge in [-0.25, -0.2) is 0 Å². The summed E-state index contributed by atoms with van der Waals surface area (Å²) in [4.78, 5) is 13.9. The van der Waals surface area contributed by atoms with Gasteiger partial charge in [0.15, 0.2) is 0 Å². The average Bonchev–Trinajstić information content (AvgIpc) is 2.77. The van der Waals surface area contributed by atoms with Gasteiger partial charge in [-0.05, 0) is 48.7 Å². The zero-order valence-electron chi connectivity index (χ0n) is 17.8. The van der Waals surface area contributed by atoms with E-state index in [4.69, 9.17) is 4.74 Å². The minimum Gasteiger partial charge on any atom is -0.372 e. The van der Waals surface area contributed by atoms with Crippen molar-refractivity contribution in [1.29, 1.82) is 0 Å². The van der Waals surface area contributed by atoms with Gasteiger partial charge in [-0.15, -0.1) is 0 Å². The van der Waals surface area contributed by atoms with Crippen LogP contribution in [0.5, 0.6) is 0 Å². The van der Waals surface area contributed by atoms with Crippen LogP contribution in [0.3, 0.4) is 0 Å². The third-order valence-electron chi connectivity index (χ3n) is 5.56. The fourth-order valence-electron chi connectivity index (χ4n) is 4.02. The molecule has 1 aliphatic rings. The number of rotatable bonds is 6. The lowest BCUT2D eigenvalue weighted by Gasteiger charge is -2.41. The molecule has 0 saturated carbocycles. The molecule has 1 N–H and O–H groups in total. The Labute approximate surface area is 187 Å². The normalized spacial score (nSPS) is 20.0. The van der Waals surface area contributed by atoms with Crippen LogP contribution in [0.1, 0.15) is 41.1 Å². The molecule has 33 heavy (non-hydrogen) atoms. The third kappa shape index (κ3) is 6.48. The molecule has 2 atom stereocenters. The second kappa shape index (κ2) is 10.1. The van der Waals surface area contributed by atoms with Crippen molar-refractivity contribution >= 4 is 5.91 Å².